The monoisotopic (exact) mass is 480 g/mol. The maximum absolute atomic E-state index is 13.2. The van der Waals surface area contributed by atoms with Crippen LogP contribution in [0.1, 0.15) is 24.3 Å². The van der Waals surface area contributed by atoms with Crippen molar-refractivity contribution in [3.8, 4) is 11.4 Å². The van der Waals surface area contributed by atoms with Gasteiger partial charge in [-0.25, -0.2) is 8.42 Å². The van der Waals surface area contributed by atoms with Crippen LogP contribution in [0.3, 0.4) is 0 Å². The minimum absolute atomic E-state index is 0.127. The molecule has 31 heavy (non-hydrogen) atoms. The van der Waals surface area contributed by atoms with Crippen molar-refractivity contribution in [1.82, 2.24) is 14.4 Å². The summed E-state index contributed by atoms with van der Waals surface area (Å²) in [6.07, 6.45) is 1.23. The number of benzene rings is 1. The summed E-state index contributed by atoms with van der Waals surface area (Å²) in [6, 6.07) is 6.85. The summed E-state index contributed by atoms with van der Waals surface area (Å²) < 4.78 is 32.9. The molecule has 8 nitrogen and oxygen atoms in total. The molecular weight excluding hydrogens is 460 g/mol. The van der Waals surface area contributed by atoms with Gasteiger partial charge in [-0.1, -0.05) is 22.8 Å². The van der Waals surface area contributed by atoms with E-state index in [0.717, 1.165) is 16.9 Å². The van der Waals surface area contributed by atoms with E-state index in [0.29, 0.717) is 47.4 Å². The zero-order valence-corrected chi connectivity index (χ0v) is 19.4. The molecule has 1 aliphatic heterocycles. The fourth-order valence-electron chi connectivity index (χ4n) is 3.40. The number of piperidine rings is 1. The zero-order chi connectivity index (χ0) is 22.2. The summed E-state index contributed by atoms with van der Waals surface area (Å²) >= 11 is 7.23. The van der Waals surface area contributed by atoms with Crippen molar-refractivity contribution >= 4 is 44.6 Å². The molecule has 4 rings (SSSR count). The number of amides is 1. The standard InChI is InChI=1S/C20H21ClN4O4S2/c1-12-5-6-16(9-17(12)21)23-20(26)14-4-3-7-25(10-14)31(27,28)18-8-15(11-30-18)19-22-13(2)29-24-19/h5-6,8-9,11,14H,3-4,7,10H2,1-2H3,(H,23,26)/t14-/m1/s1. The topological polar surface area (TPSA) is 105 Å². The normalized spacial score (nSPS) is 17.6. The number of aryl methyl sites for hydroxylation is 2. The number of carbonyl (C=O) groups excluding carboxylic acids is 1. The van der Waals surface area contributed by atoms with Gasteiger partial charge < -0.3 is 9.84 Å². The molecule has 2 aromatic heterocycles. The Hall–Kier alpha value is -2.27. The second kappa shape index (κ2) is 8.70. The molecule has 3 heterocycles. The van der Waals surface area contributed by atoms with Gasteiger partial charge in [0.15, 0.2) is 0 Å². The molecule has 1 saturated heterocycles. The minimum atomic E-state index is -3.73. The Morgan fingerprint density at radius 1 is 1.32 bits per heavy atom. The van der Waals surface area contributed by atoms with Crippen LogP contribution >= 0.6 is 22.9 Å². The van der Waals surface area contributed by atoms with Crippen LogP contribution < -0.4 is 5.32 Å². The van der Waals surface area contributed by atoms with E-state index in [1.54, 1.807) is 30.5 Å². The minimum Gasteiger partial charge on any atom is -0.339 e. The number of sulfonamides is 1. The maximum atomic E-state index is 13.2. The van der Waals surface area contributed by atoms with Gasteiger partial charge in [-0.3, -0.25) is 4.79 Å². The molecule has 0 unspecified atom stereocenters. The predicted octanol–water partition coefficient (Wildman–Crippen LogP) is 4.11. The molecule has 1 aromatic carbocycles. The van der Waals surface area contributed by atoms with E-state index in [1.165, 1.54) is 4.31 Å². The second-order valence-electron chi connectivity index (χ2n) is 7.45. The Morgan fingerprint density at radius 2 is 2.13 bits per heavy atom. The molecule has 11 heteroatoms. The fourth-order valence-corrected chi connectivity index (χ4v) is 6.42. The van der Waals surface area contributed by atoms with Crippen LogP contribution in [0.2, 0.25) is 5.02 Å². The first-order valence-electron chi connectivity index (χ1n) is 9.70. The number of rotatable bonds is 5. The lowest BCUT2D eigenvalue weighted by molar-refractivity contribution is -0.120. The van der Waals surface area contributed by atoms with Gasteiger partial charge >= 0.3 is 0 Å². The van der Waals surface area contributed by atoms with E-state index in [9.17, 15) is 13.2 Å². The number of hydrogen-bond acceptors (Lipinski definition) is 7. The van der Waals surface area contributed by atoms with E-state index >= 15 is 0 Å². The first-order valence-corrected chi connectivity index (χ1v) is 12.4. The number of halogens is 1. The third-order valence-corrected chi connectivity index (χ3v) is 8.84. The zero-order valence-electron chi connectivity index (χ0n) is 17.0. The Balaban J connectivity index is 1.47. The lowest BCUT2D eigenvalue weighted by Crippen LogP contribution is -2.43. The molecule has 0 bridgehead atoms. The Kier molecular flexibility index (Phi) is 6.16. The van der Waals surface area contributed by atoms with Gasteiger partial charge in [0.2, 0.25) is 17.6 Å². The predicted molar refractivity (Wildman–Crippen MR) is 119 cm³/mol. The molecule has 1 N–H and O–H groups in total. The van der Waals surface area contributed by atoms with Crippen molar-refractivity contribution in [1.29, 1.82) is 0 Å². The van der Waals surface area contributed by atoms with Crippen molar-refractivity contribution in [2.24, 2.45) is 5.92 Å². The quantitative estimate of drug-likeness (QED) is 0.589. The summed E-state index contributed by atoms with van der Waals surface area (Å²) in [5.41, 5.74) is 2.10. The summed E-state index contributed by atoms with van der Waals surface area (Å²) in [4.78, 5) is 16.9. The lowest BCUT2D eigenvalue weighted by Gasteiger charge is -2.30. The van der Waals surface area contributed by atoms with E-state index in [1.807, 2.05) is 13.0 Å². The van der Waals surface area contributed by atoms with Crippen LogP contribution in [0.5, 0.6) is 0 Å². The third-order valence-electron chi connectivity index (χ3n) is 5.15. The number of aromatic nitrogens is 2. The van der Waals surface area contributed by atoms with Gasteiger partial charge in [-0.2, -0.15) is 9.29 Å². The van der Waals surface area contributed by atoms with Gasteiger partial charge in [0.1, 0.15) is 4.21 Å². The number of nitrogens with zero attached hydrogens (tertiary/aromatic N) is 3. The first-order chi connectivity index (χ1) is 14.7. The summed E-state index contributed by atoms with van der Waals surface area (Å²) in [6.45, 7) is 4.05. The Morgan fingerprint density at radius 3 is 2.84 bits per heavy atom. The van der Waals surface area contributed by atoms with Crippen molar-refractivity contribution in [3.05, 3.63) is 46.1 Å². The fraction of sp³-hybridized carbons (Fsp3) is 0.350. The SMILES string of the molecule is Cc1nc(-c2csc(S(=O)(=O)N3CCC[C@@H](C(=O)Nc4ccc(C)c(Cl)c4)C3)c2)no1. The van der Waals surface area contributed by atoms with Crippen molar-refractivity contribution in [2.45, 2.75) is 30.9 Å². The van der Waals surface area contributed by atoms with E-state index in [4.69, 9.17) is 16.1 Å². The number of anilines is 1. The van der Waals surface area contributed by atoms with Crippen LogP contribution in [0.15, 0.2) is 38.4 Å². The second-order valence-corrected chi connectivity index (χ2v) is 10.9. The molecule has 0 aliphatic carbocycles. The van der Waals surface area contributed by atoms with Gasteiger partial charge in [0.05, 0.1) is 5.92 Å². The highest BCUT2D eigenvalue weighted by atomic mass is 35.5. The highest BCUT2D eigenvalue weighted by Crippen LogP contribution is 2.31. The van der Waals surface area contributed by atoms with Crippen LogP contribution in [0.25, 0.3) is 11.4 Å². The molecule has 1 atom stereocenters. The van der Waals surface area contributed by atoms with Gasteiger partial charge in [0.25, 0.3) is 10.0 Å². The average Bonchev–Trinajstić information content (AvgIpc) is 3.40. The summed E-state index contributed by atoms with van der Waals surface area (Å²) in [7, 11) is -3.73. The van der Waals surface area contributed by atoms with Crippen molar-refractivity contribution in [3.63, 3.8) is 0 Å². The average molecular weight is 481 g/mol. The number of carbonyl (C=O) groups is 1. The highest BCUT2D eigenvalue weighted by molar-refractivity contribution is 7.91. The van der Waals surface area contributed by atoms with Crippen LogP contribution in [-0.4, -0.2) is 41.9 Å². The Labute approximate surface area is 189 Å². The smallest absolute Gasteiger partial charge is 0.252 e. The van der Waals surface area contributed by atoms with E-state index in [-0.39, 0.29) is 16.7 Å². The number of thiophene rings is 1. The van der Waals surface area contributed by atoms with Gasteiger partial charge in [0, 0.05) is 41.7 Å². The first kappa shape index (κ1) is 21.9. The van der Waals surface area contributed by atoms with Crippen LogP contribution in [0, 0.1) is 19.8 Å². The van der Waals surface area contributed by atoms with Gasteiger partial charge in [-0.05, 0) is 43.5 Å². The highest BCUT2D eigenvalue weighted by Gasteiger charge is 2.34. The largest absolute Gasteiger partial charge is 0.339 e. The van der Waals surface area contributed by atoms with E-state index < -0.39 is 15.9 Å². The summed E-state index contributed by atoms with van der Waals surface area (Å²) in [5, 5.41) is 8.93. The third kappa shape index (κ3) is 4.67. The van der Waals surface area contributed by atoms with Crippen LogP contribution in [0.4, 0.5) is 5.69 Å². The Bertz CT molecular complexity index is 1220. The molecule has 0 radical (unpaired) electrons. The molecule has 0 saturated carbocycles. The van der Waals surface area contributed by atoms with Crippen LogP contribution in [-0.2, 0) is 14.8 Å². The van der Waals surface area contributed by atoms with Gasteiger partial charge in [-0.15, -0.1) is 11.3 Å². The number of nitrogens with one attached hydrogen (secondary N) is 1. The molecule has 3 aromatic rings. The van der Waals surface area contributed by atoms with Crippen molar-refractivity contribution in [2.75, 3.05) is 18.4 Å². The molecule has 164 valence electrons. The molecule has 1 fully saturated rings. The molecule has 1 amide bonds. The number of hydrogen-bond donors (Lipinski definition) is 1. The molecular formula is C20H21ClN4O4S2. The molecule has 0 spiro atoms. The van der Waals surface area contributed by atoms with Crippen molar-refractivity contribution < 1.29 is 17.7 Å². The molecule has 1 aliphatic rings. The lowest BCUT2D eigenvalue weighted by atomic mass is 9.98. The summed E-state index contributed by atoms with van der Waals surface area (Å²) in [5.74, 6) is 0.102. The van der Waals surface area contributed by atoms with E-state index in [2.05, 4.69) is 15.5 Å². The maximum Gasteiger partial charge on any atom is 0.252 e.